The van der Waals surface area contributed by atoms with Gasteiger partial charge in [-0.25, -0.2) is 0 Å². The van der Waals surface area contributed by atoms with E-state index in [1.807, 2.05) is 37.4 Å². The second-order valence-electron chi connectivity index (χ2n) is 9.95. The number of pyridine rings is 1. The summed E-state index contributed by atoms with van der Waals surface area (Å²) in [4.78, 5) is 4.23. The highest BCUT2D eigenvalue weighted by Gasteiger charge is 2.69. The van der Waals surface area contributed by atoms with Crippen molar-refractivity contribution in [3.8, 4) is 17.6 Å². The SMILES string of the molecule is CNCC(C)(C)O.COc1cncc2c1C1(O)CCC(c3ccccc3)C1(c1ccc(C#N)cc1)O2. The molecule has 3 aromatic rings. The summed E-state index contributed by atoms with van der Waals surface area (Å²) in [5.41, 5.74) is 0.299. The molecule has 5 rings (SSSR count). The minimum absolute atomic E-state index is 0.0706. The minimum atomic E-state index is -1.27. The molecule has 3 unspecified atom stereocenters. The fourth-order valence-electron chi connectivity index (χ4n) is 5.54. The van der Waals surface area contributed by atoms with E-state index in [0.29, 0.717) is 35.6 Å². The van der Waals surface area contributed by atoms with Gasteiger partial charge in [0.25, 0.3) is 0 Å². The summed E-state index contributed by atoms with van der Waals surface area (Å²) in [5, 5.41) is 33.2. The van der Waals surface area contributed by atoms with Gasteiger partial charge < -0.3 is 25.0 Å². The zero-order valence-electron chi connectivity index (χ0n) is 21.2. The van der Waals surface area contributed by atoms with Gasteiger partial charge in [-0.2, -0.15) is 5.26 Å². The zero-order chi connectivity index (χ0) is 26.0. The van der Waals surface area contributed by atoms with Crippen molar-refractivity contribution in [1.82, 2.24) is 10.3 Å². The summed E-state index contributed by atoms with van der Waals surface area (Å²) < 4.78 is 12.2. The van der Waals surface area contributed by atoms with Crippen LogP contribution in [0.25, 0.3) is 0 Å². The highest BCUT2D eigenvalue weighted by Crippen LogP contribution is 2.67. The Bertz CT molecular complexity index is 1230. The molecule has 0 amide bonds. The molecule has 0 bridgehead atoms. The van der Waals surface area contributed by atoms with Crippen molar-refractivity contribution >= 4 is 0 Å². The van der Waals surface area contributed by atoms with Gasteiger partial charge in [0.05, 0.1) is 42.3 Å². The summed E-state index contributed by atoms with van der Waals surface area (Å²) in [5.74, 6) is 0.991. The molecule has 1 saturated carbocycles. The molecule has 2 aliphatic rings. The summed E-state index contributed by atoms with van der Waals surface area (Å²) in [6.07, 6.45) is 4.54. The molecule has 1 aliphatic heterocycles. The van der Waals surface area contributed by atoms with Crippen LogP contribution in [0.4, 0.5) is 0 Å². The maximum Gasteiger partial charge on any atom is 0.174 e. The van der Waals surface area contributed by atoms with E-state index in [-0.39, 0.29) is 5.92 Å². The van der Waals surface area contributed by atoms with Gasteiger partial charge in [-0.15, -0.1) is 0 Å². The number of hydrogen-bond donors (Lipinski definition) is 3. The van der Waals surface area contributed by atoms with Crippen molar-refractivity contribution in [2.75, 3.05) is 20.7 Å². The van der Waals surface area contributed by atoms with E-state index in [0.717, 1.165) is 17.5 Å². The quantitative estimate of drug-likeness (QED) is 0.499. The third-order valence-corrected chi connectivity index (χ3v) is 6.93. The Labute approximate surface area is 212 Å². The second-order valence-corrected chi connectivity index (χ2v) is 9.95. The van der Waals surface area contributed by atoms with Gasteiger partial charge in [0.2, 0.25) is 0 Å². The number of hydrogen-bond acceptors (Lipinski definition) is 7. The summed E-state index contributed by atoms with van der Waals surface area (Å²) in [7, 11) is 3.39. The molecule has 7 heteroatoms. The van der Waals surface area contributed by atoms with E-state index in [9.17, 15) is 10.4 Å². The molecule has 1 fully saturated rings. The first-order chi connectivity index (χ1) is 17.2. The lowest BCUT2D eigenvalue weighted by Gasteiger charge is -2.40. The van der Waals surface area contributed by atoms with Crippen LogP contribution in [-0.4, -0.2) is 41.5 Å². The molecular formula is C29H33N3O4. The monoisotopic (exact) mass is 487 g/mol. The van der Waals surface area contributed by atoms with Crippen molar-refractivity contribution in [3.63, 3.8) is 0 Å². The number of aliphatic hydroxyl groups is 2. The average molecular weight is 488 g/mol. The largest absolute Gasteiger partial charge is 0.495 e. The van der Waals surface area contributed by atoms with Crippen LogP contribution < -0.4 is 14.8 Å². The van der Waals surface area contributed by atoms with E-state index in [1.54, 1.807) is 45.5 Å². The van der Waals surface area contributed by atoms with Gasteiger partial charge in [0.1, 0.15) is 17.1 Å². The van der Waals surface area contributed by atoms with Gasteiger partial charge in [-0.05, 0) is 57.0 Å². The predicted molar refractivity (Wildman–Crippen MR) is 137 cm³/mol. The number of methoxy groups -OCH3 is 1. The van der Waals surface area contributed by atoms with Gasteiger partial charge in [0.15, 0.2) is 5.60 Å². The lowest BCUT2D eigenvalue weighted by molar-refractivity contribution is -0.106. The number of ether oxygens (including phenoxy) is 2. The van der Waals surface area contributed by atoms with Crippen molar-refractivity contribution < 1.29 is 19.7 Å². The standard InChI is InChI=1S/C24H20N2O3.C5H13NO/c1-28-20-14-26-15-21-22(20)23(27)12-11-19(17-5-3-2-4-6-17)24(23,29-21)18-9-7-16(13-25)8-10-18;1-5(2,7)4-6-3/h2-10,14-15,19,27H,11-12H2,1H3;6-7H,4H2,1-3H3. The van der Waals surface area contributed by atoms with E-state index in [1.165, 1.54) is 0 Å². The van der Waals surface area contributed by atoms with Crippen molar-refractivity contribution in [2.45, 2.75) is 49.4 Å². The number of nitrogens with one attached hydrogen (secondary N) is 1. The van der Waals surface area contributed by atoms with Crippen LogP contribution in [0, 0.1) is 11.3 Å². The molecule has 1 aliphatic carbocycles. The molecule has 0 spiro atoms. The Kier molecular flexibility index (Phi) is 7.05. The molecule has 3 atom stereocenters. The highest BCUT2D eigenvalue weighted by atomic mass is 16.5. The molecule has 0 radical (unpaired) electrons. The topological polar surface area (TPSA) is 108 Å². The summed E-state index contributed by atoms with van der Waals surface area (Å²) >= 11 is 0. The molecule has 2 heterocycles. The molecule has 0 saturated heterocycles. The average Bonchev–Trinajstić information content (AvgIpc) is 3.31. The molecular weight excluding hydrogens is 454 g/mol. The van der Waals surface area contributed by atoms with Crippen molar-refractivity contribution in [3.05, 3.63) is 89.2 Å². The van der Waals surface area contributed by atoms with Gasteiger partial charge in [-0.3, -0.25) is 4.98 Å². The lowest BCUT2D eigenvalue weighted by Crippen LogP contribution is -2.48. The first-order valence-corrected chi connectivity index (χ1v) is 12.1. The Morgan fingerprint density at radius 3 is 2.42 bits per heavy atom. The third-order valence-electron chi connectivity index (χ3n) is 6.93. The number of nitriles is 1. The van der Waals surface area contributed by atoms with Gasteiger partial charge >= 0.3 is 0 Å². The highest BCUT2D eigenvalue weighted by molar-refractivity contribution is 5.57. The van der Waals surface area contributed by atoms with Crippen LogP contribution in [0.5, 0.6) is 11.5 Å². The van der Waals surface area contributed by atoms with E-state index < -0.39 is 16.8 Å². The maximum absolute atomic E-state index is 12.2. The van der Waals surface area contributed by atoms with E-state index in [2.05, 4.69) is 28.5 Å². The number of nitrogens with zero attached hydrogens (tertiary/aromatic N) is 2. The van der Waals surface area contributed by atoms with Crippen LogP contribution in [-0.2, 0) is 11.2 Å². The second kappa shape index (κ2) is 9.90. The minimum Gasteiger partial charge on any atom is -0.495 e. The smallest absolute Gasteiger partial charge is 0.174 e. The number of benzene rings is 2. The molecule has 188 valence electrons. The first-order valence-electron chi connectivity index (χ1n) is 12.1. The first kappa shape index (κ1) is 25.6. The van der Waals surface area contributed by atoms with Crippen molar-refractivity contribution in [2.24, 2.45) is 0 Å². The normalized spacial score (nSPS) is 24.0. The van der Waals surface area contributed by atoms with Crippen LogP contribution >= 0.6 is 0 Å². The van der Waals surface area contributed by atoms with Crippen LogP contribution in [0.15, 0.2) is 67.0 Å². The van der Waals surface area contributed by atoms with E-state index in [4.69, 9.17) is 14.6 Å². The summed E-state index contributed by atoms with van der Waals surface area (Å²) in [6.45, 7) is 4.18. The molecule has 1 aromatic heterocycles. The Morgan fingerprint density at radius 1 is 1.17 bits per heavy atom. The predicted octanol–water partition coefficient (Wildman–Crippen LogP) is 3.99. The van der Waals surface area contributed by atoms with Crippen LogP contribution in [0.1, 0.15) is 54.9 Å². The number of aromatic nitrogens is 1. The van der Waals surface area contributed by atoms with Crippen LogP contribution in [0.3, 0.4) is 0 Å². The Morgan fingerprint density at radius 2 is 1.86 bits per heavy atom. The summed E-state index contributed by atoms with van der Waals surface area (Å²) in [6, 6.07) is 19.6. The van der Waals surface area contributed by atoms with Gasteiger partial charge in [0, 0.05) is 12.5 Å². The Balaban J connectivity index is 0.000000384. The van der Waals surface area contributed by atoms with Gasteiger partial charge in [-0.1, -0.05) is 42.5 Å². The number of likely N-dealkylation sites (N-methyl/N-ethyl adjacent to an activating group) is 1. The van der Waals surface area contributed by atoms with Crippen molar-refractivity contribution in [1.29, 1.82) is 5.26 Å². The number of rotatable bonds is 5. The third kappa shape index (κ3) is 4.33. The molecule has 2 aromatic carbocycles. The molecule has 3 N–H and O–H groups in total. The fourth-order valence-corrected chi connectivity index (χ4v) is 5.54. The maximum atomic E-state index is 12.2. The van der Waals surface area contributed by atoms with E-state index >= 15 is 0 Å². The number of fused-ring (bicyclic) bond motifs is 3. The Hall–Kier alpha value is -3.44. The molecule has 7 nitrogen and oxygen atoms in total. The zero-order valence-corrected chi connectivity index (χ0v) is 21.2. The lowest BCUT2D eigenvalue weighted by atomic mass is 9.71. The fraction of sp³-hybridized carbons (Fsp3) is 0.379. The van der Waals surface area contributed by atoms with Crippen LogP contribution in [0.2, 0.25) is 0 Å². The molecule has 36 heavy (non-hydrogen) atoms.